The molecule has 1 N–H and O–H groups in total. The molecule has 1 aromatic rings. The van der Waals surface area contributed by atoms with Gasteiger partial charge in [0.05, 0.1) is 14.2 Å². The average Bonchev–Trinajstić information content (AvgIpc) is 3.28. The minimum absolute atomic E-state index is 0.0159. The summed E-state index contributed by atoms with van der Waals surface area (Å²) < 4.78 is 10.7. The zero-order chi connectivity index (χ0) is 19.4. The molecule has 1 aromatic carbocycles. The lowest BCUT2D eigenvalue weighted by Gasteiger charge is -2.35. The molecule has 0 unspecified atom stereocenters. The molecule has 1 atom stereocenters. The van der Waals surface area contributed by atoms with Crippen molar-refractivity contribution in [3.63, 3.8) is 0 Å². The van der Waals surface area contributed by atoms with Gasteiger partial charge < -0.3 is 19.7 Å². The van der Waals surface area contributed by atoms with E-state index in [1.54, 1.807) is 19.1 Å². The monoisotopic (exact) mass is 374 g/mol. The predicted octanol–water partition coefficient (Wildman–Crippen LogP) is 2.69. The maximum Gasteiger partial charge on any atom is 0.245 e. The minimum atomic E-state index is -0.772. The molecule has 0 bridgehead atoms. The molecule has 0 spiro atoms. The number of amides is 2. The molecule has 2 fully saturated rings. The molecule has 27 heavy (non-hydrogen) atoms. The Kier molecular flexibility index (Phi) is 5.92. The zero-order valence-corrected chi connectivity index (χ0v) is 16.5. The number of methoxy groups -OCH3 is 2. The van der Waals surface area contributed by atoms with Crippen LogP contribution in [0.2, 0.25) is 0 Å². The summed E-state index contributed by atoms with van der Waals surface area (Å²) in [4.78, 5) is 27.2. The SMILES string of the molecule is COc1ccc(OC)c(CCN2C(=O)CC[C@@]2(C)C(=O)NC2CCCC2)c1. The first-order valence-electron chi connectivity index (χ1n) is 9.80. The first-order valence-corrected chi connectivity index (χ1v) is 9.80. The Labute approximate surface area is 161 Å². The summed E-state index contributed by atoms with van der Waals surface area (Å²) in [6.07, 6.45) is 6.01. The van der Waals surface area contributed by atoms with Crippen LogP contribution in [0.1, 0.15) is 51.0 Å². The van der Waals surface area contributed by atoms with Crippen LogP contribution in [0.25, 0.3) is 0 Å². The average molecular weight is 374 g/mol. The summed E-state index contributed by atoms with van der Waals surface area (Å²) in [5.41, 5.74) is 0.196. The van der Waals surface area contributed by atoms with Crippen molar-refractivity contribution in [2.45, 2.75) is 63.5 Å². The molecule has 6 nitrogen and oxygen atoms in total. The van der Waals surface area contributed by atoms with E-state index in [0.29, 0.717) is 25.8 Å². The van der Waals surface area contributed by atoms with E-state index < -0.39 is 5.54 Å². The lowest BCUT2D eigenvalue weighted by Crippen LogP contribution is -2.56. The van der Waals surface area contributed by atoms with Gasteiger partial charge in [0.1, 0.15) is 17.0 Å². The van der Waals surface area contributed by atoms with E-state index in [1.807, 2.05) is 25.1 Å². The number of ether oxygens (including phenoxy) is 2. The number of likely N-dealkylation sites (tertiary alicyclic amines) is 1. The highest BCUT2D eigenvalue weighted by molar-refractivity contribution is 5.94. The smallest absolute Gasteiger partial charge is 0.245 e. The summed E-state index contributed by atoms with van der Waals surface area (Å²) in [5, 5.41) is 3.17. The lowest BCUT2D eigenvalue weighted by molar-refractivity contribution is -0.140. The number of nitrogens with one attached hydrogen (secondary N) is 1. The Balaban J connectivity index is 1.72. The first-order chi connectivity index (χ1) is 13.0. The Morgan fingerprint density at radius 1 is 1.26 bits per heavy atom. The fourth-order valence-corrected chi connectivity index (χ4v) is 4.22. The Hall–Kier alpha value is -2.24. The molecule has 2 amide bonds. The summed E-state index contributed by atoms with van der Waals surface area (Å²) in [7, 11) is 3.26. The summed E-state index contributed by atoms with van der Waals surface area (Å²) >= 11 is 0. The molecule has 1 aliphatic carbocycles. The minimum Gasteiger partial charge on any atom is -0.497 e. The Morgan fingerprint density at radius 3 is 2.67 bits per heavy atom. The Morgan fingerprint density at radius 2 is 2.00 bits per heavy atom. The van der Waals surface area contributed by atoms with E-state index >= 15 is 0 Å². The van der Waals surface area contributed by atoms with Crippen molar-refractivity contribution in [2.75, 3.05) is 20.8 Å². The lowest BCUT2D eigenvalue weighted by atomic mass is 9.96. The molecule has 2 aliphatic rings. The topological polar surface area (TPSA) is 67.9 Å². The van der Waals surface area contributed by atoms with Crippen LogP contribution >= 0.6 is 0 Å². The van der Waals surface area contributed by atoms with Crippen LogP contribution in [0.5, 0.6) is 11.5 Å². The maximum absolute atomic E-state index is 13.0. The van der Waals surface area contributed by atoms with Gasteiger partial charge in [-0.2, -0.15) is 0 Å². The van der Waals surface area contributed by atoms with Crippen LogP contribution < -0.4 is 14.8 Å². The van der Waals surface area contributed by atoms with Gasteiger partial charge >= 0.3 is 0 Å². The Bertz CT molecular complexity index is 699. The molecule has 1 aliphatic heterocycles. The third-order valence-electron chi connectivity index (χ3n) is 5.99. The van der Waals surface area contributed by atoms with Crippen LogP contribution in [-0.2, 0) is 16.0 Å². The van der Waals surface area contributed by atoms with E-state index in [-0.39, 0.29) is 17.9 Å². The third kappa shape index (κ3) is 4.04. The van der Waals surface area contributed by atoms with Gasteiger partial charge in [-0.3, -0.25) is 9.59 Å². The molecule has 1 saturated heterocycles. The second kappa shape index (κ2) is 8.19. The second-order valence-electron chi connectivity index (χ2n) is 7.70. The van der Waals surface area contributed by atoms with Gasteiger partial charge in [0, 0.05) is 19.0 Å². The molecule has 148 valence electrons. The molecule has 1 saturated carbocycles. The number of carbonyl (C=O) groups is 2. The van der Waals surface area contributed by atoms with Gasteiger partial charge in [-0.25, -0.2) is 0 Å². The van der Waals surface area contributed by atoms with Crippen molar-refractivity contribution in [1.29, 1.82) is 0 Å². The third-order valence-corrected chi connectivity index (χ3v) is 5.99. The highest BCUT2D eigenvalue weighted by Crippen LogP contribution is 2.32. The number of rotatable bonds is 7. The van der Waals surface area contributed by atoms with Crippen molar-refractivity contribution in [3.8, 4) is 11.5 Å². The molecule has 0 radical (unpaired) electrons. The van der Waals surface area contributed by atoms with Gasteiger partial charge in [0.25, 0.3) is 0 Å². The van der Waals surface area contributed by atoms with Crippen molar-refractivity contribution < 1.29 is 19.1 Å². The van der Waals surface area contributed by atoms with Crippen LogP contribution in [-0.4, -0.2) is 49.1 Å². The number of hydrogen-bond donors (Lipinski definition) is 1. The van der Waals surface area contributed by atoms with E-state index in [2.05, 4.69) is 5.32 Å². The van der Waals surface area contributed by atoms with Crippen LogP contribution in [0.15, 0.2) is 18.2 Å². The van der Waals surface area contributed by atoms with Crippen molar-refractivity contribution >= 4 is 11.8 Å². The summed E-state index contributed by atoms with van der Waals surface area (Å²) in [5.74, 6) is 1.54. The fourth-order valence-electron chi connectivity index (χ4n) is 4.22. The fraction of sp³-hybridized carbons (Fsp3) is 0.619. The summed E-state index contributed by atoms with van der Waals surface area (Å²) in [6, 6.07) is 5.90. The standard InChI is InChI=1S/C21H30N2O4/c1-21(20(25)22-16-6-4-5-7-16)12-10-19(24)23(21)13-11-15-14-17(26-2)8-9-18(15)27-3/h8-9,14,16H,4-7,10-13H2,1-3H3,(H,22,25)/t21-/m0/s1. The molecule has 3 rings (SSSR count). The molecular formula is C21H30N2O4. The van der Waals surface area contributed by atoms with Gasteiger partial charge in [-0.1, -0.05) is 12.8 Å². The van der Waals surface area contributed by atoms with Gasteiger partial charge in [0.2, 0.25) is 11.8 Å². The normalized spacial score (nSPS) is 22.9. The second-order valence-corrected chi connectivity index (χ2v) is 7.70. The van der Waals surface area contributed by atoms with E-state index in [1.165, 1.54) is 12.8 Å². The zero-order valence-electron chi connectivity index (χ0n) is 16.5. The van der Waals surface area contributed by atoms with Gasteiger partial charge in [-0.05, 0) is 56.4 Å². The van der Waals surface area contributed by atoms with Crippen molar-refractivity contribution in [2.24, 2.45) is 0 Å². The summed E-state index contributed by atoms with van der Waals surface area (Å²) in [6.45, 7) is 2.38. The van der Waals surface area contributed by atoms with Crippen molar-refractivity contribution in [3.05, 3.63) is 23.8 Å². The predicted molar refractivity (Wildman–Crippen MR) is 103 cm³/mol. The highest BCUT2D eigenvalue weighted by atomic mass is 16.5. The number of hydrogen-bond acceptors (Lipinski definition) is 4. The highest BCUT2D eigenvalue weighted by Gasteiger charge is 2.47. The number of benzene rings is 1. The number of carbonyl (C=O) groups excluding carboxylic acids is 2. The largest absolute Gasteiger partial charge is 0.497 e. The van der Waals surface area contributed by atoms with E-state index in [0.717, 1.165) is 29.9 Å². The van der Waals surface area contributed by atoms with Crippen LogP contribution in [0, 0.1) is 0 Å². The molecule has 1 heterocycles. The van der Waals surface area contributed by atoms with E-state index in [9.17, 15) is 9.59 Å². The van der Waals surface area contributed by atoms with Crippen LogP contribution in [0.4, 0.5) is 0 Å². The van der Waals surface area contributed by atoms with E-state index in [4.69, 9.17) is 9.47 Å². The first kappa shape index (κ1) is 19.5. The van der Waals surface area contributed by atoms with Crippen molar-refractivity contribution in [1.82, 2.24) is 10.2 Å². The molecule has 0 aromatic heterocycles. The molecule has 6 heteroatoms. The quantitative estimate of drug-likeness (QED) is 0.797. The van der Waals surface area contributed by atoms with Gasteiger partial charge in [0.15, 0.2) is 0 Å². The maximum atomic E-state index is 13.0. The van der Waals surface area contributed by atoms with Crippen LogP contribution in [0.3, 0.4) is 0 Å². The number of nitrogens with zero attached hydrogens (tertiary/aromatic N) is 1. The molecular weight excluding hydrogens is 344 g/mol. The van der Waals surface area contributed by atoms with Gasteiger partial charge in [-0.15, -0.1) is 0 Å².